The molecule has 18 heavy (non-hydrogen) atoms. The lowest BCUT2D eigenvalue weighted by Gasteiger charge is -2.34. The van der Waals surface area contributed by atoms with Crippen molar-refractivity contribution in [1.82, 2.24) is 0 Å². The van der Waals surface area contributed by atoms with E-state index in [4.69, 9.17) is 14.2 Å². The first kappa shape index (κ1) is 17.3. The molecular formula is C13H26O4Si. The summed E-state index contributed by atoms with van der Waals surface area (Å²) in [4.78, 5) is 11.3. The summed E-state index contributed by atoms with van der Waals surface area (Å²) >= 11 is 0. The molecule has 0 radical (unpaired) electrons. The second kappa shape index (κ2) is 7.71. The first-order chi connectivity index (χ1) is 8.16. The molecule has 0 atom stereocenters. The third-order valence-electron chi connectivity index (χ3n) is 2.11. The van der Waals surface area contributed by atoms with Crippen LogP contribution in [0.5, 0.6) is 0 Å². The van der Waals surface area contributed by atoms with Crippen molar-refractivity contribution >= 4 is 16.2 Å². The minimum Gasteiger partial charge on any atom is -0.462 e. The summed E-state index contributed by atoms with van der Waals surface area (Å²) in [6.07, 6.45) is 0.713. The van der Waals surface area contributed by atoms with E-state index >= 15 is 0 Å². The Kier molecular flexibility index (Phi) is 7.43. The minimum atomic E-state index is -0.600. The van der Waals surface area contributed by atoms with Crippen LogP contribution in [0.15, 0.2) is 12.2 Å². The molecular weight excluding hydrogens is 248 g/mol. The third-order valence-corrected chi connectivity index (χ3v) is 3.08. The second-order valence-electron chi connectivity index (χ2n) is 5.13. The van der Waals surface area contributed by atoms with Gasteiger partial charge in [0.1, 0.15) is 5.41 Å². The number of hydrogen-bond donors (Lipinski definition) is 0. The van der Waals surface area contributed by atoms with Crippen molar-refractivity contribution in [3.05, 3.63) is 12.2 Å². The molecule has 0 unspecified atom stereocenters. The number of carbonyl (C=O) groups excluding carboxylic acids is 1. The lowest BCUT2D eigenvalue weighted by atomic mass is 10.3. The molecule has 0 N–H and O–H groups in total. The zero-order valence-corrected chi connectivity index (χ0v) is 14.4. The first-order valence-corrected chi connectivity index (χ1v) is 7.34. The molecule has 0 saturated carbocycles. The van der Waals surface area contributed by atoms with Crippen molar-refractivity contribution in [3.63, 3.8) is 0 Å². The standard InChI is InChI=1S/C13H26O4Si/c1-9(2)12(14)15-8-7-13(18,16-10(3)4)17-11(5)6/h10-11H,1,7-8H2,2-6,18H3. The van der Waals surface area contributed by atoms with Crippen molar-refractivity contribution in [3.8, 4) is 0 Å². The van der Waals surface area contributed by atoms with E-state index in [-0.39, 0.29) is 24.8 Å². The third kappa shape index (κ3) is 7.63. The summed E-state index contributed by atoms with van der Waals surface area (Å²) in [6, 6.07) is 0. The van der Waals surface area contributed by atoms with Gasteiger partial charge in [0.2, 0.25) is 0 Å². The Labute approximate surface area is 113 Å². The minimum absolute atomic E-state index is 0.0816. The number of carbonyl (C=O) groups is 1. The summed E-state index contributed by atoms with van der Waals surface area (Å²) in [5.74, 6) is -0.367. The molecule has 0 aliphatic heterocycles. The first-order valence-electron chi connectivity index (χ1n) is 6.34. The van der Waals surface area contributed by atoms with Gasteiger partial charge in [-0.3, -0.25) is 0 Å². The molecule has 0 aliphatic carbocycles. The van der Waals surface area contributed by atoms with E-state index < -0.39 is 5.41 Å². The number of hydrogen-bond acceptors (Lipinski definition) is 4. The maximum atomic E-state index is 11.3. The van der Waals surface area contributed by atoms with Gasteiger partial charge in [-0.25, -0.2) is 4.79 Å². The number of rotatable bonds is 8. The molecule has 0 amide bonds. The van der Waals surface area contributed by atoms with Crippen molar-refractivity contribution in [2.24, 2.45) is 0 Å². The Hall–Kier alpha value is -0.653. The van der Waals surface area contributed by atoms with E-state index in [0.29, 0.717) is 22.2 Å². The Morgan fingerprint density at radius 1 is 1.22 bits per heavy atom. The van der Waals surface area contributed by atoms with Crippen LogP contribution in [0.25, 0.3) is 0 Å². The van der Waals surface area contributed by atoms with Gasteiger partial charge in [0.15, 0.2) is 0 Å². The molecule has 0 saturated heterocycles. The van der Waals surface area contributed by atoms with Crippen LogP contribution in [0, 0.1) is 0 Å². The molecule has 0 aliphatic rings. The molecule has 0 aromatic heterocycles. The van der Waals surface area contributed by atoms with Crippen LogP contribution < -0.4 is 0 Å². The van der Waals surface area contributed by atoms with Gasteiger partial charge in [0.25, 0.3) is 0 Å². The fourth-order valence-electron chi connectivity index (χ4n) is 1.60. The van der Waals surface area contributed by atoms with Gasteiger partial charge in [-0.1, -0.05) is 6.58 Å². The van der Waals surface area contributed by atoms with Crippen LogP contribution in [0.1, 0.15) is 41.0 Å². The summed E-state index contributed by atoms with van der Waals surface area (Å²) in [6.45, 7) is 13.3. The van der Waals surface area contributed by atoms with Crippen LogP contribution in [-0.4, -0.2) is 40.4 Å². The summed E-state index contributed by atoms with van der Waals surface area (Å²) in [5.41, 5.74) is -0.193. The molecule has 0 heterocycles. The SMILES string of the molecule is C=C(C)C(=O)OCCC([SiH3])(OC(C)C)OC(C)C. The quantitative estimate of drug-likeness (QED) is 0.290. The Morgan fingerprint density at radius 3 is 2.00 bits per heavy atom. The lowest BCUT2D eigenvalue weighted by molar-refractivity contribution is -0.221. The van der Waals surface area contributed by atoms with Crippen molar-refractivity contribution < 1.29 is 19.0 Å². The highest BCUT2D eigenvalue weighted by atomic mass is 28.1. The maximum Gasteiger partial charge on any atom is 0.333 e. The number of esters is 1. The highest BCUT2D eigenvalue weighted by molar-refractivity contribution is 6.13. The van der Waals surface area contributed by atoms with Gasteiger partial charge in [0, 0.05) is 12.0 Å². The highest BCUT2D eigenvalue weighted by Crippen LogP contribution is 2.19. The fraction of sp³-hybridized carbons (Fsp3) is 0.769. The fourth-order valence-corrected chi connectivity index (χ4v) is 2.74. The highest BCUT2D eigenvalue weighted by Gasteiger charge is 2.28. The molecule has 5 heteroatoms. The molecule has 106 valence electrons. The molecule has 0 rings (SSSR count). The average molecular weight is 274 g/mol. The summed E-state index contributed by atoms with van der Waals surface area (Å²) in [5, 5.41) is 0. The normalized spacial score (nSPS) is 12.2. The van der Waals surface area contributed by atoms with Crippen LogP contribution >= 0.6 is 0 Å². The van der Waals surface area contributed by atoms with Gasteiger partial charge in [-0.15, -0.1) is 0 Å². The van der Waals surface area contributed by atoms with E-state index in [1.165, 1.54) is 0 Å². The smallest absolute Gasteiger partial charge is 0.333 e. The van der Waals surface area contributed by atoms with E-state index in [2.05, 4.69) is 6.58 Å². The zero-order valence-electron chi connectivity index (χ0n) is 12.4. The van der Waals surface area contributed by atoms with E-state index in [1.54, 1.807) is 6.92 Å². The molecule has 4 nitrogen and oxygen atoms in total. The van der Waals surface area contributed by atoms with E-state index in [0.717, 1.165) is 0 Å². The predicted octanol–water partition coefficient (Wildman–Crippen LogP) is 1.36. The molecule has 0 aromatic rings. The molecule has 0 aromatic carbocycles. The van der Waals surface area contributed by atoms with Gasteiger partial charge >= 0.3 is 5.97 Å². The molecule has 0 bridgehead atoms. The van der Waals surface area contributed by atoms with Gasteiger partial charge in [-0.2, -0.15) is 0 Å². The Bertz CT molecular complexity index is 277. The summed E-state index contributed by atoms with van der Waals surface area (Å²) < 4.78 is 16.7. The van der Waals surface area contributed by atoms with Gasteiger partial charge < -0.3 is 14.2 Å². The van der Waals surface area contributed by atoms with Crippen LogP contribution in [0.3, 0.4) is 0 Å². The van der Waals surface area contributed by atoms with Gasteiger partial charge in [-0.05, 0) is 34.6 Å². The maximum absolute atomic E-state index is 11.3. The number of ether oxygens (including phenoxy) is 3. The molecule has 0 fully saturated rings. The second-order valence-corrected chi connectivity index (χ2v) is 6.66. The van der Waals surface area contributed by atoms with Crippen LogP contribution in [-0.2, 0) is 19.0 Å². The van der Waals surface area contributed by atoms with E-state index in [9.17, 15) is 4.79 Å². The topological polar surface area (TPSA) is 44.8 Å². The van der Waals surface area contributed by atoms with Crippen LogP contribution in [0.2, 0.25) is 0 Å². The van der Waals surface area contributed by atoms with Crippen molar-refractivity contribution in [1.29, 1.82) is 0 Å². The zero-order chi connectivity index (χ0) is 14.3. The van der Waals surface area contributed by atoms with E-state index in [1.807, 2.05) is 27.7 Å². The Balaban J connectivity index is 4.33. The summed E-state index contributed by atoms with van der Waals surface area (Å²) in [7, 11) is 0.712. The average Bonchev–Trinajstić information content (AvgIpc) is 2.13. The van der Waals surface area contributed by atoms with Crippen molar-refractivity contribution in [2.45, 2.75) is 58.7 Å². The predicted molar refractivity (Wildman–Crippen MR) is 75.5 cm³/mol. The van der Waals surface area contributed by atoms with Gasteiger partial charge in [0.05, 0.1) is 29.1 Å². The van der Waals surface area contributed by atoms with Crippen LogP contribution in [0.4, 0.5) is 0 Å². The van der Waals surface area contributed by atoms with Crippen molar-refractivity contribution in [2.75, 3.05) is 6.61 Å². The lowest BCUT2D eigenvalue weighted by Crippen LogP contribution is -2.42. The largest absolute Gasteiger partial charge is 0.462 e. The monoisotopic (exact) mass is 274 g/mol. The Morgan fingerprint density at radius 2 is 1.67 bits per heavy atom. The molecule has 0 spiro atoms.